The molecule has 0 aliphatic heterocycles. The van der Waals surface area contributed by atoms with Gasteiger partial charge in [0.05, 0.1) is 11.1 Å². The molecule has 0 saturated carbocycles. The van der Waals surface area contributed by atoms with Crippen LogP contribution in [0.1, 0.15) is 21.5 Å². The van der Waals surface area contributed by atoms with Crippen LogP contribution in [0.4, 0.5) is 13.2 Å². The van der Waals surface area contributed by atoms with Gasteiger partial charge in [0.25, 0.3) is 5.91 Å². The summed E-state index contributed by atoms with van der Waals surface area (Å²) < 4.78 is 45.5. The molecule has 0 spiro atoms. The van der Waals surface area contributed by atoms with Crippen LogP contribution in [0.3, 0.4) is 0 Å². The van der Waals surface area contributed by atoms with Gasteiger partial charge in [-0.25, -0.2) is 5.48 Å². The maximum Gasteiger partial charge on any atom is 0.416 e. The van der Waals surface area contributed by atoms with E-state index in [0.717, 1.165) is 28.7 Å². The zero-order valence-electron chi connectivity index (χ0n) is 16.1. The molecular formula is C23H17F3N2O3. The van der Waals surface area contributed by atoms with Crippen molar-refractivity contribution in [1.29, 1.82) is 0 Å². The van der Waals surface area contributed by atoms with Crippen LogP contribution in [0, 0.1) is 0 Å². The van der Waals surface area contributed by atoms with E-state index in [2.05, 4.69) is 0 Å². The number of benzene rings is 3. The molecule has 0 saturated heterocycles. The van der Waals surface area contributed by atoms with E-state index in [1.165, 1.54) is 12.1 Å². The first-order valence-electron chi connectivity index (χ1n) is 9.30. The van der Waals surface area contributed by atoms with Crippen LogP contribution in [0.15, 0.2) is 79.0 Å². The minimum atomic E-state index is -4.36. The Morgan fingerprint density at radius 3 is 2.32 bits per heavy atom. The maximum absolute atomic E-state index is 12.6. The largest absolute Gasteiger partial charge is 0.489 e. The molecule has 0 unspecified atom stereocenters. The molecule has 0 bridgehead atoms. The molecule has 1 heterocycles. The molecule has 1 amide bonds. The summed E-state index contributed by atoms with van der Waals surface area (Å²) in [6, 6.07) is 19.0. The normalized spacial score (nSPS) is 11.5. The number of amides is 1. The highest BCUT2D eigenvalue weighted by atomic mass is 19.4. The molecule has 1 aromatic heterocycles. The number of halogens is 3. The van der Waals surface area contributed by atoms with E-state index in [9.17, 15) is 18.0 Å². The van der Waals surface area contributed by atoms with Gasteiger partial charge in [-0.2, -0.15) is 13.2 Å². The Morgan fingerprint density at radius 1 is 0.968 bits per heavy atom. The van der Waals surface area contributed by atoms with Crippen LogP contribution in [0.5, 0.6) is 5.75 Å². The van der Waals surface area contributed by atoms with Crippen LogP contribution >= 0.6 is 0 Å². The van der Waals surface area contributed by atoms with Gasteiger partial charge in [0.1, 0.15) is 12.4 Å². The van der Waals surface area contributed by atoms with Crippen molar-refractivity contribution in [1.82, 2.24) is 10.0 Å². The van der Waals surface area contributed by atoms with Crippen molar-refractivity contribution in [2.45, 2.75) is 12.8 Å². The number of nitrogens with one attached hydrogen (secondary N) is 1. The topological polar surface area (TPSA) is 63.5 Å². The van der Waals surface area contributed by atoms with Gasteiger partial charge >= 0.3 is 6.18 Å². The summed E-state index contributed by atoms with van der Waals surface area (Å²) in [5.41, 5.74) is 3.50. The number of ether oxygens (including phenoxy) is 1. The highest BCUT2D eigenvalue weighted by molar-refractivity contribution is 5.97. The van der Waals surface area contributed by atoms with E-state index >= 15 is 0 Å². The Hall–Kier alpha value is -3.78. The van der Waals surface area contributed by atoms with Crippen LogP contribution < -0.4 is 10.2 Å². The quantitative estimate of drug-likeness (QED) is 0.334. The molecule has 5 nitrogen and oxygen atoms in total. The predicted molar refractivity (Wildman–Crippen MR) is 108 cm³/mol. The number of rotatable bonds is 5. The van der Waals surface area contributed by atoms with Crippen LogP contribution in [0.25, 0.3) is 16.6 Å². The van der Waals surface area contributed by atoms with Crippen LogP contribution in [-0.4, -0.2) is 15.7 Å². The fourth-order valence-electron chi connectivity index (χ4n) is 3.22. The molecule has 4 aromatic rings. The van der Waals surface area contributed by atoms with Crippen LogP contribution in [0.2, 0.25) is 0 Å². The zero-order chi connectivity index (χ0) is 22.0. The molecule has 0 aliphatic carbocycles. The monoisotopic (exact) mass is 426 g/mol. The molecule has 158 valence electrons. The van der Waals surface area contributed by atoms with E-state index in [-0.39, 0.29) is 6.61 Å². The van der Waals surface area contributed by atoms with Gasteiger partial charge in [-0.15, -0.1) is 0 Å². The third-order valence-electron chi connectivity index (χ3n) is 4.86. The van der Waals surface area contributed by atoms with Crippen molar-refractivity contribution in [2.24, 2.45) is 0 Å². The van der Waals surface area contributed by atoms with Crippen molar-refractivity contribution in [3.63, 3.8) is 0 Å². The summed E-state index contributed by atoms with van der Waals surface area (Å²) >= 11 is 0. The molecule has 4 rings (SSSR count). The number of carbonyl (C=O) groups is 1. The van der Waals surface area contributed by atoms with Crippen molar-refractivity contribution in [2.75, 3.05) is 0 Å². The molecule has 8 heteroatoms. The first kappa shape index (κ1) is 20.5. The van der Waals surface area contributed by atoms with Crippen molar-refractivity contribution in [3.05, 3.63) is 95.7 Å². The van der Waals surface area contributed by atoms with E-state index in [1.54, 1.807) is 35.8 Å². The molecule has 0 fully saturated rings. The fraction of sp³-hybridized carbons (Fsp3) is 0.0870. The summed E-state index contributed by atoms with van der Waals surface area (Å²) in [4.78, 5) is 11.7. The minimum absolute atomic E-state index is 0.142. The smallest absolute Gasteiger partial charge is 0.416 e. The second kappa shape index (κ2) is 8.16. The first-order valence-corrected chi connectivity index (χ1v) is 9.30. The van der Waals surface area contributed by atoms with Crippen molar-refractivity contribution < 1.29 is 27.9 Å². The average Bonchev–Trinajstić information content (AvgIpc) is 3.20. The molecular weight excluding hydrogens is 409 g/mol. The van der Waals surface area contributed by atoms with Gasteiger partial charge in [0.15, 0.2) is 0 Å². The third-order valence-corrected chi connectivity index (χ3v) is 4.86. The SMILES string of the molecule is O=C(NO)c1ccc2ccn(-c3ccc(OCc4ccc(C(F)(F)F)cc4)cc3)c2c1. The lowest BCUT2D eigenvalue weighted by Gasteiger charge is -2.11. The Kier molecular flexibility index (Phi) is 5.39. The second-order valence-electron chi connectivity index (χ2n) is 6.88. The lowest BCUT2D eigenvalue weighted by atomic mass is 10.1. The Labute approximate surface area is 175 Å². The molecule has 31 heavy (non-hydrogen) atoms. The first-order chi connectivity index (χ1) is 14.8. The highest BCUT2D eigenvalue weighted by Crippen LogP contribution is 2.29. The van der Waals surface area contributed by atoms with Gasteiger partial charge in [-0.1, -0.05) is 18.2 Å². The van der Waals surface area contributed by atoms with E-state index in [4.69, 9.17) is 9.94 Å². The highest BCUT2D eigenvalue weighted by Gasteiger charge is 2.29. The van der Waals surface area contributed by atoms with Gasteiger partial charge in [0.2, 0.25) is 0 Å². The number of hydroxylamine groups is 1. The molecule has 3 aromatic carbocycles. The summed E-state index contributed by atoms with van der Waals surface area (Å²) in [6.45, 7) is 0.142. The summed E-state index contributed by atoms with van der Waals surface area (Å²) in [5, 5.41) is 9.77. The Morgan fingerprint density at radius 2 is 1.68 bits per heavy atom. The zero-order valence-corrected chi connectivity index (χ0v) is 16.1. The lowest BCUT2D eigenvalue weighted by molar-refractivity contribution is -0.137. The summed E-state index contributed by atoms with van der Waals surface area (Å²) in [6.07, 6.45) is -2.50. The van der Waals surface area contributed by atoms with Crippen LogP contribution in [-0.2, 0) is 12.8 Å². The third kappa shape index (κ3) is 4.39. The summed E-state index contributed by atoms with van der Waals surface area (Å²) in [7, 11) is 0. The fourth-order valence-corrected chi connectivity index (χ4v) is 3.22. The number of aromatic nitrogens is 1. The van der Waals surface area contributed by atoms with Crippen molar-refractivity contribution >= 4 is 16.8 Å². The number of fused-ring (bicyclic) bond motifs is 1. The lowest BCUT2D eigenvalue weighted by Crippen LogP contribution is -2.18. The number of hydrogen-bond acceptors (Lipinski definition) is 3. The standard InChI is InChI=1S/C23H17F3N2O3/c24-23(25,26)18-5-1-15(2-6-18)14-31-20-9-7-19(8-10-20)28-12-11-16-3-4-17(13-21(16)28)22(29)27-30/h1-13,30H,14H2,(H,27,29). The number of alkyl halides is 3. The van der Waals surface area contributed by atoms with Gasteiger partial charge in [-0.05, 0) is 65.5 Å². The van der Waals surface area contributed by atoms with Gasteiger partial charge in [-0.3, -0.25) is 10.0 Å². The van der Waals surface area contributed by atoms with E-state index in [0.29, 0.717) is 16.9 Å². The number of nitrogens with zero attached hydrogens (tertiary/aromatic N) is 1. The van der Waals surface area contributed by atoms with Crippen molar-refractivity contribution in [3.8, 4) is 11.4 Å². The molecule has 0 atom stereocenters. The number of carbonyl (C=O) groups excluding carboxylic acids is 1. The Bertz CT molecular complexity index is 1210. The Balaban J connectivity index is 1.49. The minimum Gasteiger partial charge on any atom is -0.489 e. The molecule has 0 aliphatic rings. The molecule has 2 N–H and O–H groups in total. The maximum atomic E-state index is 12.6. The van der Waals surface area contributed by atoms with Gasteiger partial charge in [0, 0.05) is 17.4 Å². The van der Waals surface area contributed by atoms with E-state index < -0.39 is 17.6 Å². The van der Waals surface area contributed by atoms with E-state index in [1.807, 2.05) is 29.0 Å². The average molecular weight is 426 g/mol. The number of hydrogen-bond donors (Lipinski definition) is 2. The molecule has 0 radical (unpaired) electrons. The van der Waals surface area contributed by atoms with Gasteiger partial charge < -0.3 is 9.30 Å². The summed E-state index contributed by atoms with van der Waals surface area (Å²) in [5.74, 6) is -0.0258. The second-order valence-corrected chi connectivity index (χ2v) is 6.88. The predicted octanol–water partition coefficient (Wildman–Crippen LogP) is 5.35.